The molecule has 1 saturated carbocycles. The largest absolute Gasteiger partial charge is 0.449 e. The molecule has 1 N–H and O–H groups in total. The van der Waals surface area contributed by atoms with Gasteiger partial charge >= 0.3 is 5.97 Å². The molecule has 29 heavy (non-hydrogen) atoms. The van der Waals surface area contributed by atoms with E-state index in [4.69, 9.17) is 16.3 Å². The monoisotopic (exact) mass is 442 g/mol. The van der Waals surface area contributed by atoms with E-state index in [0.717, 1.165) is 38.5 Å². The number of hydrogen-bond acceptors (Lipinski definition) is 5. The minimum Gasteiger partial charge on any atom is -0.449 e. The quantitative estimate of drug-likeness (QED) is 0.683. The molecule has 0 radical (unpaired) electrons. The molecule has 3 rings (SSSR count). The van der Waals surface area contributed by atoms with Crippen LogP contribution in [0.3, 0.4) is 0 Å². The fourth-order valence-electron chi connectivity index (χ4n) is 3.74. The van der Waals surface area contributed by atoms with E-state index in [9.17, 15) is 18.0 Å². The van der Waals surface area contributed by atoms with Crippen molar-refractivity contribution in [1.82, 2.24) is 9.62 Å². The SMILES string of the molecule is C[C@H](OC(=O)c1ccc(Cl)c(S(=O)(=O)N2CCCC2)c1)C(=O)NC1CCCCC1. The van der Waals surface area contributed by atoms with Crippen molar-refractivity contribution in [1.29, 1.82) is 0 Å². The lowest BCUT2D eigenvalue weighted by Gasteiger charge is -2.24. The zero-order valence-electron chi connectivity index (χ0n) is 16.5. The predicted molar refractivity (Wildman–Crippen MR) is 109 cm³/mol. The van der Waals surface area contributed by atoms with Crippen molar-refractivity contribution < 1.29 is 22.7 Å². The third-order valence-electron chi connectivity index (χ3n) is 5.45. The standard InChI is InChI=1S/C20H27ClN2O5S/c1-14(19(24)22-16-7-3-2-4-8-16)28-20(25)15-9-10-17(21)18(13-15)29(26,27)23-11-5-6-12-23/h9-10,13-14,16H,2-8,11-12H2,1H3,(H,22,24)/t14-/m0/s1. The summed E-state index contributed by atoms with van der Waals surface area (Å²) in [5.74, 6) is -1.10. The first-order valence-corrected chi connectivity index (χ1v) is 11.9. The Bertz CT molecular complexity index is 862. The van der Waals surface area contributed by atoms with Gasteiger partial charge in [0.15, 0.2) is 6.10 Å². The van der Waals surface area contributed by atoms with E-state index in [1.165, 1.54) is 35.8 Å². The molecule has 1 heterocycles. The van der Waals surface area contributed by atoms with E-state index in [0.29, 0.717) is 13.1 Å². The van der Waals surface area contributed by atoms with Crippen LogP contribution in [0.5, 0.6) is 0 Å². The van der Waals surface area contributed by atoms with Crippen molar-refractivity contribution in [3.8, 4) is 0 Å². The molecule has 9 heteroatoms. The van der Waals surface area contributed by atoms with E-state index in [2.05, 4.69) is 5.32 Å². The van der Waals surface area contributed by atoms with Crippen LogP contribution in [-0.4, -0.2) is 49.8 Å². The number of carbonyl (C=O) groups is 2. The lowest BCUT2D eigenvalue weighted by Crippen LogP contribution is -2.42. The number of rotatable bonds is 6. The molecule has 1 aromatic rings. The number of halogens is 1. The highest BCUT2D eigenvalue weighted by molar-refractivity contribution is 7.89. The van der Waals surface area contributed by atoms with E-state index in [1.807, 2.05) is 0 Å². The highest BCUT2D eigenvalue weighted by Crippen LogP contribution is 2.28. The molecule has 1 amide bonds. The summed E-state index contributed by atoms with van der Waals surface area (Å²) < 4.78 is 32.2. The van der Waals surface area contributed by atoms with Crippen LogP contribution in [0.2, 0.25) is 5.02 Å². The lowest BCUT2D eigenvalue weighted by molar-refractivity contribution is -0.130. The summed E-state index contributed by atoms with van der Waals surface area (Å²) in [5, 5.41) is 2.97. The number of nitrogens with zero attached hydrogens (tertiary/aromatic N) is 1. The Morgan fingerprint density at radius 2 is 1.79 bits per heavy atom. The second-order valence-electron chi connectivity index (χ2n) is 7.65. The summed E-state index contributed by atoms with van der Waals surface area (Å²) in [4.78, 5) is 24.7. The van der Waals surface area contributed by atoms with Crippen molar-refractivity contribution in [3.05, 3.63) is 28.8 Å². The molecule has 1 atom stereocenters. The van der Waals surface area contributed by atoms with Gasteiger partial charge in [-0.1, -0.05) is 30.9 Å². The molecule has 0 unspecified atom stereocenters. The molecule has 1 saturated heterocycles. The highest BCUT2D eigenvalue weighted by Gasteiger charge is 2.30. The number of sulfonamides is 1. The fraction of sp³-hybridized carbons (Fsp3) is 0.600. The van der Waals surface area contributed by atoms with Crippen molar-refractivity contribution in [2.24, 2.45) is 0 Å². The van der Waals surface area contributed by atoms with E-state index in [-0.39, 0.29) is 27.4 Å². The molecular formula is C20H27ClN2O5S. The second kappa shape index (κ2) is 9.45. The van der Waals surface area contributed by atoms with Gasteiger partial charge in [0.1, 0.15) is 4.90 Å². The van der Waals surface area contributed by atoms with Gasteiger partial charge in [0.25, 0.3) is 5.91 Å². The number of hydrogen-bond donors (Lipinski definition) is 1. The van der Waals surface area contributed by atoms with Gasteiger partial charge in [-0.2, -0.15) is 4.31 Å². The number of nitrogens with one attached hydrogen (secondary N) is 1. The van der Waals surface area contributed by atoms with Crippen molar-refractivity contribution in [2.75, 3.05) is 13.1 Å². The number of amides is 1. The van der Waals surface area contributed by atoms with Gasteiger partial charge in [-0.05, 0) is 50.8 Å². The summed E-state index contributed by atoms with van der Waals surface area (Å²) in [6, 6.07) is 4.11. The van der Waals surface area contributed by atoms with Crippen LogP contribution in [0.25, 0.3) is 0 Å². The van der Waals surface area contributed by atoms with E-state index >= 15 is 0 Å². The van der Waals surface area contributed by atoms with Crippen LogP contribution >= 0.6 is 11.6 Å². The Balaban J connectivity index is 1.68. The maximum absolute atomic E-state index is 12.8. The molecule has 2 fully saturated rings. The average Bonchev–Trinajstić information content (AvgIpc) is 3.24. The first-order chi connectivity index (χ1) is 13.8. The third kappa shape index (κ3) is 5.29. The molecule has 1 aromatic carbocycles. The van der Waals surface area contributed by atoms with Gasteiger partial charge in [-0.3, -0.25) is 4.79 Å². The summed E-state index contributed by atoms with van der Waals surface area (Å²) in [6.07, 6.45) is 5.83. The fourth-order valence-corrected chi connectivity index (χ4v) is 5.76. The maximum Gasteiger partial charge on any atom is 0.338 e. The zero-order valence-corrected chi connectivity index (χ0v) is 18.1. The molecule has 0 spiro atoms. The first kappa shape index (κ1) is 22.1. The van der Waals surface area contributed by atoms with Crippen LogP contribution in [-0.2, 0) is 19.6 Å². The van der Waals surface area contributed by atoms with Gasteiger partial charge in [-0.25, -0.2) is 13.2 Å². The van der Waals surface area contributed by atoms with Crippen molar-refractivity contribution in [2.45, 2.75) is 68.9 Å². The number of ether oxygens (including phenoxy) is 1. The van der Waals surface area contributed by atoms with Crippen LogP contribution < -0.4 is 5.32 Å². The highest BCUT2D eigenvalue weighted by atomic mass is 35.5. The second-order valence-corrected chi connectivity index (χ2v) is 9.96. The molecule has 160 valence electrons. The van der Waals surface area contributed by atoms with Gasteiger partial charge in [0.2, 0.25) is 10.0 Å². The Labute approximate surface area is 176 Å². The Morgan fingerprint density at radius 3 is 2.45 bits per heavy atom. The maximum atomic E-state index is 12.8. The van der Waals surface area contributed by atoms with Gasteiger partial charge < -0.3 is 10.1 Å². The summed E-state index contributed by atoms with van der Waals surface area (Å²) in [6.45, 7) is 2.38. The lowest BCUT2D eigenvalue weighted by atomic mass is 9.95. The van der Waals surface area contributed by atoms with Gasteiger partial charge in [0, 0.05) is 19.1 Å². The van der Waals surface area contributed by atoms with Crippen molar-refractivity contribution >= 4 is 33.5 Å². The minimum absolute atomic E-state index is 0.0458. The molecule has 7 nitrogen and oxygen atoms in total. The van der Waals surface area contributed by atoms with E-state index < -0.39 is 22.1 Å². The number of esters is 1. The third-order valence-corrected chi connectivity index (χ3v) is 7.83. The summed E-state index contributed by atoms with van der Waals surface area (Å²) >= 11 is 6.11. The molecule has 1 aliphatic heterocycles. The van der Waals surface area contributed by atoms with Crippen LogP contribution in [0.1, 0.15) is 62.2 Å². The first-order valence-electron chi connectivity index (χ1n) is 10.1. The molecule has 2 aliphatic rings. The van der Waals surface area contributed by atoms with E-state index in [1.54, 1.807) is 0 Å². The summed E-state index contributed by atoms with van der Waals surface area (Å²) in [5.41, 5.74) is 0.0458. The Morgan fingerprint density at radius 1 is 1.14 bits per heavy atom. The Hall–Kier alpha value is -1.64. The zero-order chi connectivity index (χ0) is 21.0. The topological polar surface area (TPSA) is 92.8 Å². The van der Waals surface area contributed by atoms with Gasteiger partial charge in [-0.15, -0.1) is 0 Å². The molecular weight excluding hydrogens is 416 g/mol. The smallest absolute Gasteiger partial charge is 0.338 e. The minimum atomic E-state index is -3.78. The van der Waals surface area contributed by atoms with Crippen LogP contribution in [0, 0.1) is 0 Å². The molecule has 0 aromatic heterocycles. The predicted octanol–water partition coefficient (Wildman–Crippen LogP) is 3.12. The van der Waals surface area contributed by atoms with Gasteiger partial charge in [0.05, 0.1) is 10.6 Å². The molecule has 1 aliphatic carbocycles. The Kier molecular flexibility index (Phi) is 7.19. The normalized spacial score (nSPS) is 19.7. The number of carbonyl (C=O) groups excluding carboxylic acids is 2. The van der Waals surface area contributed by atoms with Crippen LogP contribution in [0.15, 0.2) is 23.1 Å². The van der Waals surface area contributed by atoms with Crippen LogP contribution in [0.4, 0.5) is 0 Å². The average molecular weight is 443 g/mol. The van der Waals surface area contributed by atoms with Crippen molar-refractivity contribution in [3.63, 3.8) is 0 Å². The number of benzene rings is 1. The molecule has 0 bridgehead atoms. The summed E-state index contributed by atoms with van der Waals surface area (Å²) in [7, 11) is -3.78.